The summed E-state index contributed by atoms with van der Waals surface area (Å²) in [5, 5.41) is 0.811. The van der Waals surface area contributed by atoms with Crippen LogP contribution in [0, 0.1) is 0 Å². The minimum absolute atomic E-state index is 0.00668. The van der Waals surface area contributed by atoms with Crippen LogP contribution in [0.1, 0.15) is 26.0 Å². The van der Waals surface area contributed by atoms with Crippen LogP contribution in [0.2, 0.25) is 0 Å². The van der Waals surface area contributed by atoms with Gasteiger partial charge in [-0.3, -0.25) is 4.98 Å². The van der Waals surface area contributed by atoms with Crippen molar-refractivity contribution in [1.29, 1.82) is 0 Å². The SMILES string of the molecule is CC(C)N(CCCBr)S(=O)(=O)CCc1ccccn1. The Hall–Kier alpha value is -0.460. The molecule has 0 unspecified atom stereocenters. The van der Waals surface area contributed by atoms with Crippen molar-refractivity contribution in [3.63, 3.8) is 0 Å². The van der Waals surface area contributed by atoms with E-state index >= 15 is 0 Å². The molecule has 0 saturated heterocycles. The van der Waals surface area contributed by atoms with Gasteiger partial charge >= 0.3 is 0 Å². The van der Waals surface area contributed by atoms with E-state index < -0.39 is 10.0 Å². The number of rotatable bonds is 8. The number of aryl methyl sites for hydroxylation is 1. The molecule has 0 aliphatic heterocycles. The van der Waals surface area contributed by atoms with E-state index in [9.17, 15) is 8.42 Å². The zero-order valence-corrected chi connectivity index (χ0v) is 13.8. The van der Waals surface area contributed by atoms with E-state index in [1.54, 1.807) is 10.5 Å². The number of sulfonamides is 1. The molecule has 108 valence electrons. The monoisotopic (exact) mass is 348 g/mol. The predicted octanol–water partition coefficient (Wildman–Crippen LogP) is 2.45. The quantitative estimate of drug-likeness (QED) is 0.678. The van der Waals surface area contributed by atoms with Crippen molar-refractivity contribution in [2.45, 2.75) is 32.7 Å². The highest BCUT2D eigenvalue weighted by Crippen LogP contribution is 2.11. The highest BCUT2D eigenvalue weighted by molar-refractivity contribution is 9.09. The molecule has 0 fully saturated rings. The first-order chi connectivity index (χ1) is 8.97. The summed E-state index contributed by atoms with van der Waals surface area (Å²) in [5.74, 6) is 0.116. The molecule has 0 aliphatic carbocycles. The normalized spacial score (nSPS) is 12.3. The number of aromatic nitrogens is 1. The van der Waals surface area contributed by atoms with Crippen molar-refractivity contribution in [3.05, 3.63) is 30.1 Å². The third kappa shape index (κ3) is 5.58. The Balaban J connectivity index is 2.67. The summed E-state index contributed by atoms with van der Waals surface area (Å²) in [6, 6.07) is 5.55. The Bertz CT molecular complexity index is 463. The summed E-state index contributed by atoms with van der Waals surface area (Å²) in [6.07, 6.45) is 2.97. The lowest BCUT2D eigenvalue weighted by atomic mass is 10.3. The van der Waals surface area contributed by atoms with Crippen LogP contribution in [0.5, 0.6) is 0 Å². The summed E-state index contributed by atoms with van der Waals surface area (Å²) < 4.78 is 26.2. The summed E-state index contributed by atoms with van der Waals surface area (Å²) in [5.41, 5.74) is 0.815. The largest absolute Gasteiger partial charge is 0.261 e. The van der Waals surface area contributed by atoms with Crippen molar-refractivity contribution in [1.82, 2.24) is 9.29 Å². The van der Waals surface area contributed by atoms with E-state index in [4.69, 9.17) is 0 Å². The molecule has 4 nitrogen and oxygen atoms in total. The van der Waals surface area contributed by atoms with Crippen molar-refractivity contribution in [3.8, 4) is 0 Å². The maximum absolute atomic E-state index is 12.3. The number of hydrogen-bond donors (Lipinski definition) is 0. The summed E-state index contributed by atoms with van der Waals surface area (Å²) in [7, 11) is -3.22. The molecule has 0 aromatic carbocycles. The molecule has 19 heavy (non-hydrogen) atoms. The zero-order chi connectivity index (χ0) is 14.3. The average molecular weight is 349 g/mol. The van der Waals surface area contributed by atoms with E-state index in [-0.39, 0.29) is 11.8 Å². The van der Waals surface area contributed by atoms with Crippen molar-refractivity contribution in [2.24, 2.45) is 0 Å². The number of halogens is 1. The Kier molecular flexibility index (Phi) is 6.96. The third-order valence-electron chi connectivity index (χ3n) is 2.79. The lowest BCUT2D eigenvalue weighted by Gasteiger charge is -2.25. The predicted molar refractivity (Wildman–Crippen MR) is 82.0 cm³/mol. The van der Waals surface area contributed by atoms with Crippen molar-refractivity contribution in [2.75, 3.05) is 17.6 Å². The van der Waals surface area contributed by atoms with Gasteiger partial charge in [0.15, 0.2) is 0 Å². The van der Waals surface area contributed by atoms with Crippen LogP contribution < -0.4 is 0 Å². The van der Waals surface area contributed by atoms with Crippen LogP contribution >= 0.6 is 15.9 Å². The first-order valence-electron chi connectivity index (χ1n) is 6.43. The number of hydrogen-bond acceptors (Lipinski definition) is 3. The van der Waals surface area contributed by atoms with E-state index in [1.165, 1.54) is 0 Å². The molecule has 0 atom stereocenters. The van der Waals surface area contributed by atoms with Gasteiger partial charge in [-0.1, -0.05) is 22.0 Å². The second kappa shape index (κ2) is 7.97. The van der Waals surface area contributed by atoms with Crippen LogP contribution in [0.3, 0.4) is 0 Å². The number of pyridine rings is 1. The summed E-state index contributed by atoms with van der Waals surface area (Å²) in [4.78, 5) is 4.16. The standard InChI is InChI=1S/C13H21BrN2O2S/c1-12(2)16(10-5-8-14)19(17,18)11-7-13-6-3-4-9-15-13/h3-4,6,9,12H,5,7-8,10-11H2,1-2H3. The van der Waals surface area contributed by atoms with Gasteiger partial charge in [-0.25, -0.2) is 8.42 Å². The Morgan fingerprint density at radius 2 is 2.11 bits per heavy atom. The first-order valence-corrected chi connectivity index (χ1v) is 9.16. The molecule has 0 saturated carbocycles. The van der Waals surface area contributed by atoms with Gasteiger partial charge in [0.25, 0.3) is 0 Å². The number of alkyl halides is 1. The van der Waals surface area contributed by atoms with Crippen LogP contribution in [0.25, 0.3) is 0 Å². The fourth-order valence-electron chi connectivity index (χ4n) is 1.83. The smallest absolute Gasteiger partial charge is 0.214 e. The van der Waals surface area contributed by atoms with Gasteiger partial charge in [0, 0.05) is 36.2 Å². The maximum Gasteiger partial charge on any atom is 0.214 e. The van der Waals surface area contributed by atoms with E-state index in [0.29, 0.717) is 13.0 Å². The number of nitrogens with zero attached hydrogens (tertiary/aromatic N) is 2. The molecule has 1 aromatic heterocycles. The van der Waals surface area contributed by atoms with Gasteiger partial charge in [0.2, 0.25) is 10.0 Å². The third-order valence-corrected chi connectivity index (χ3v) is 5.39. The van der Waals surface area contributed by atoms with Crippen LogP contribution in [-0.4, -0.2) is 41.4 Å². The molecule has 0 amide bonds. The van der Waals surface area contributed by atoms with E-state index in [0.717, 1.165) is 17.4 Å². The van der Waals surface area contributed by atoms with Gasteiger partial charge in [-0.15, -0.1) is 0 Å². The molecule has 1 heterocycles. The highest BCUT2D eigenvalue weighted by Gasteiger charge is 2.24. The Morgan fingerprint density at radius 1 is 1.37 bits per heavy atom. The molecule has 1 rings (SSSR count). The maximum atomic E-state index is 12.3. The molecule has 0 bridgehead atoms. The molecule has 0 aliphatic rings. The van der Waals surface area contributed by atoms with Crippen LogP contribution in [0.15, 0.2) is 24.4 Å². The topological polar surface area (TPSA) is 50.3 Å². The molecule has 1 aromatic rings. The van der Waals surface area contributed by atoms with Crippen molar-refractivity contribution < 1.29 is 8.42 Å². The fraction of sp³-hybridized carbons (Fsp3) is 0.615. The lowest BCUT2D eigenvalue weighted by molar-refractivity contribution is 0.355. The Labute approximate surface area is 124 Å². The fourth-order valence-corrected chi connectivity index (χ4v) is 3.83. The van der Waals surface area contributed by atoms with Gasteiger partial charge in [0.05, 0.1) is 5.75 Å². The van der Waals surface area contributed by atoms with Gasteiger partial charge in [0.1, 0.15) is 0 Å². The van der Waals surface area contributed by atoms with Gasteiger partial charge in [-0.05, 0) is 32.4 Å². The first kappa shape index (κ1) is 16.6. The average Bonchev–Trinajstić information content (AvgIpc) is 2.37. The van der Waals surface area contributed by atoms with Crippen LogP contribution in [-0.2, 0) is 16.4 Å². The minimum Gasteiger partial charge on any atom is -0.261 e. The minimum atomic E-state index is -3.22. The molecule has 0 N–H and O–H groups in total. The lowest BCUT2D eigenvalue weighted by Crippen LogP contribution is -2.39. The zero-order valence-electron chi connectivity index (χ0n) is 11.4. The second-order valence-corrected chi connectivity index (χ2v) is 7.47. The molecular formula is C13H21BrN2O2S. The second-order valence-electron chi connectivity index (χ2n) is 4.63. The van der Waals surface area contributed by atoms with E-state index in [1.807, 2.05) is 32.0 Å². The molecular weight excluding hydrogens is 328 g/mol. The summed E-state index contributed by atoms with van der Waals surface area (Å²) >= 11 is 3.34. The Morgan fingerprint density at radius 3 is 2.63 bits per heavy atom. The molecule has 0 spiro atoms. The molecule has 0 radical (unpaired) electrons. The highest BCUT2D eigenvalue weighted by atomic mass is 79.9. The van der Waals surface area contributed by atoms with Gasteiger partial charge in [-0.2, -0.15) is 4.31 Å². The van der Waals surface area contributed by atoms with Crippen molar-refractivity contribution >= 4 is 26.0 Å². The molecule has 6 heteroatoms. The van der Waals surface area contributed by atoms with Gasteiger partial charge < -0.3 is 0 Å². The van der Waals surface area contributed by atoms with Crippen LogP contribution in [0.4, 0.5) is 0 Å². The summed E-state index contributed by atoms with van der Waals surface area (Å²) in [6.45, 7) is 4.38. The van der Waals surface area contributed by atoms with E-state index in [2.05, 4.69) is 20.9 Å².